The lowest BCUT2D eigenvalue weighted by atomic mass is 10.0. The molecule has 2 N–H and O–H groups in total. The first-order chi connectivity index (χ1) is 8.52. The third-order valence-corrected chi connectivity index (χ3v) is 3.15. The van der Waals surface area contributed by atoms with Crippen LogP contribution in [0, 0.1) is 19.8 Å². The van der Waals surface area contributed by atoms with Gasteiger partial charge in [0.25, 0.3) is 0 Å². The molecule has 0 aliphatic heterocycles. The van der Waals surface area contributed by atoms with Gasteiger partial charge in [-0.05, 0) is 31.7 Å². The van der Waals surface area contributed by atoms with E-state index in [0.29, 0.717) is 12.5 Å². The molecular weight excluding hydrogens is 222 g/mol. The minimum absolute atomic E-state index is 0.0163. The molecule has 0 aliphatic carbocycles. The molecule has 2 heteroatoms. The van der Waals surface area contributed by atoms with Crippen molar-refractivity contribution in [1.82, 2.24) is 0 Å². The molecule has 1 aromatic rings. The van der Waals surface area contributed by atoms with Gasteiger partial charge in [-0.3, -0.25) is 0 Å². The molecular formula is C16H27NO. The molecule has 2 unspecified atom stereocenters. The van der Waals surface area contributed by atoms with Crippen LogP contribution in [0.4, 0.5) is 0 Å². The molecule has 0 aromatic heterocycles. The van der Waals surface area contributed by atoms with Crippen LogP contribution >= 0.6 is 0 Å². The summed E-state index contributed by atoms with van der Waals surface area (Å²) in [5, 5.41) is 0. The number of hydrogen-bond acceptors (Lipinski definition) is 2. The van der Waals surface area contributed by atoms with Gasteiger partial charge in [-0.15, -0.1) is 0 Å². The van der Waals surface area contributed by atoms with E-state index in [9.17, 15) is 0 Å². The van der Waals surface area contributed by atoms with Crippen molar-refractivity contribution in [2.24, 2.45) is 11.7 Å². The van der Waals surface area contributed by atoms with Crippen LogP contribution in [0.3, 0.4) is 0 Å². The Bertz CT molecular complexity index is 342. The first kappa shape index (κ1) is 15.2. The van der Waals surface area contributed by atoms with Gasteiger partial charge >= 0.3 is 0 Å². The molecule has 0 saturated heterocycles. The molecule has 1 aromatic carbocycles. The van der Waals surface area contributed by atoms with Crippen molar-refractivity contribution < 1.29 is 4.74 Å². The Balaban J connectivity index is 2.42. The summed E-state index contributed by atoms with van der Waals surface area (Å²) in [6.07, 6.45) is 2.44. The molecule has 2 atom stereocenters. The Kier molecular flexibility index (Phi) is 6.37. The normalized spacial score (nSPS) is 14.5. The van der Waals surface area contributed by atoms with Gasteiger partial charge in [0.2, 0.25) is 0 Å². The van der Waals surface area contributed by atoms with Crippen LogP contribution in [0.15, 0.2) is 18.2 Å². The topological polar surface area (TPSA) is 35.2 Å². The van der Waals surface area contributed by atoms with E-state index in [4.69, 9.17) is 10.5 Å². The second-order valence-corrected chi connectivity index (χ2v) is 5.46. The summed E-state index contributed by atoms with van der Waals surface area (Å²) in [4.78, 5) is 0. The van der Waals surface area contributed by atoms with Crippen molar-refractivity contribution in [3.05, 3.63) is 34.9 Å². The van der Waals surface area contributed by atoms with Crippen molar-refractivity contribution in [1.29, 1.82) is 0 Å². The van der Waals surface area contributed by atoms with Gasteiger partial charge in [-0.25, -0.2) is 0 Å². The Morgan fingerprint density at radius 1 is 1.11 bits per heavy atom. The first-order valence-corrected chi connectivity index (χ1v) is 6.94. The predicted octanol–water partition coefficient (Wildman–Crippen LogP) is 3.76. The zero-order valence-electron chi connectivity index (χ0n) is 12.2. The molecule has 0 heterocycles. The van der Waals surface area contributed by atoms with E-state index in [0.717, 1.165) is 6.61 Å². The summed E-state index contributed by atoms with van der Waals surface area (Å²) in [5.41, 5.74) is 9.87. The molecule has 2 nitrogen and oxygen atoms in total. The van der Waals surface area contributed by atoms with Gasteiger partial charge in [0, 0.05) is 6.61 Å². The van der Waals surface area contributed by atoms with E-state index >= 15 is 0 Å². The van der Waals surface area contributed by atoms with E-state index in [2.05, 4.69) is 45.9 Å². The molecule has 0 radical (unpaired) electrons. The van der Waals surface area contributed by atoms with Crippen molar-refractivity contribution in [2.75, 3.05) is 13.2 Å². The van der Waals surface area contributed by atoms with Gasteiger partial charge in [0.1, 0.15) is 0 Å². The number of aryl methyl sites for hydroxylation is 2. The molecule has 0 saturated carbocycles. The van der Waals surface area contributed by atoms with Crippen molar-refractivity contribution >= 4 is 0 Å². The SMILES string of the molecule is CCCC(C)COCC(N)c1cc(C)cc(C)c1. The number of rotatable bonds is 7. The highest BCUT2D eigenvalue weighted by Crippen LogP contribution is 2.16. The lowest BCUT2D eigenvalue weighted by molar-refractivity contribution is 0.0909. The molecule has 102 valence electrons. The molecule has 1 rings (SSSR count). The van der Waals surface area contributed by atoms with Gasteiger partial charge in [0.15, 0.2) is 0 Å². The van der Waals surface area contributed by atoms with E-state index in [1.807, 2.05) is 0 Å². The Labute approximate surface area is 112 Å². The molecule has 0 spiro atoms. The average molecular weight is 249 g/mol. The predicted molar refractivity (Wildman–Crippen MR) is 77.7 cm³/mol. The molecule has 0 bridgehead atoms. The average Bonchev–Trinajstić information content (AvgIpc) is 2.27. The van der Waals surface area contributed by atoms with Crippen LogP contribution in [-0.2, 0) is 4.74 Å². The number of benzene rings is 1. The zero-order chi connectivity index (χ0) is 13.5. The number of nitrogens with two attached hydrogens (primary N) is 1. The fraction of sp³-hybridized carbons (Fsp3) is 0.625. The minimum atomic E-state index is -0.0163. The second kappa shape index (κ2) is 7.55. The van der Waals surface area contributed by atoms with Crippen LogP contribution < -0.4 is 5.73 Å². The van der Waals surface area contributed by atoms with Crippen LogP contribution in [0.2, 0.25) is 0 Å². The minimum Gasteiger partial charge on any atom is -0.379 e. The van der Waals surface area contributed by atoms with Crippen molar-refractivity contribution in [2.45, 2.75) is 46.6 Å². The zero-order valence-corrected chi connectivity index (χ0v) is 12.2. The molecule has 0 fully saturated rings. The van der Waals surface area contributed by atoms with Gasteiger partial charge in [0.05, 0.1) is 12.6 Å². The van der Waals surface area contributed by atoms with E-state index in [1.165, 1.54) is 29.5 Å². The van der Waals surface area contributed by atoms with Gasteiger partial charge < -0.3 is 10.5 Å². The summed E-state index contributed by atoms with van der Waals surface area (Å²) in [5.74, 6) is 0.626. The fourth-order valence-corrected chi connectivity index (χ4v) is 2.29. The first-order valence-electron chi connectivity index (χ1n) is 6.94. The third-order valence-electron chi connectivity index (χ3n) is 3.15. The van der Waals surface area contributed by atoms with Crippen molar-refractivity contribution in [3.8, 4) is 0 Å². The van der Waals surface area contributed by atoms with Crippen molar-refractivity contribution in [3.63, 3.8) is 0 Å². The van der Waals surface area contributed by atoms with Crippen LogP contribution in [0.25, 0.3) is 0 Å². The highest BCUT2D eigenvalue weighted by Gasteiger charge is 2.08. The van der Waals surface area contributed by atoms with E-state index < -0.39 is 0 Å². The van der Waals surface area contributed by atoms with E-state index in [-0.39, 0.29) is 6.04 Å². The summed E-state index contributed by atoms with van der Waals surface area (Å²) in [7, 11) is 0. The smallest absolute Gasteiger partial charge is 0.0659 e. The summed E-state index contributed by atoms with van der Waals surface area (Å²) in [6, 6.07) is 6.45. The quantitative estimate of drug-likeness (QED) is 0.798. The Morgan fingerprint density at radius 2 is 1.72 bits per heavy atom. The second-order valence-electron chi connectivity index (χ2n) is 5.46. The summed E-state index contributed by atoms with van der Waals surface area (Å²) >= 11 is 0. The lowest BCUT2D eigenvalue weighted by Gasteiger charge is -2.16. The van der Waals surface area contributed by atoms with Gasteiger partial charge in [-0.1, -0.05) is 49.6 Å². The summed E-state index contributed by atoms with van der Waals surface area (Å²) in [6.45, 7) is 10.1. The molecule has 0 aliphatic rings. The third kappa shape index (κ3) is 5.19. The Morgan fingerprint density at radius 3 is 2.28 bits per heavy atom. The largest absolute Gasteiger partial charge is 0.379 e. The highest BCUT2D eigenvalue weighted by molar-refractivity contribution is 5.30. The maximum atomic E-state index is 6.17. The summed E-state index contributed by atoms with van der Waals surface area (Å²) < 4.78 is 5.72. The van der Waals surface area contributed by atoms with Crippen LogP contribution in [-0.4, -0.2) is 13.2 Å². The maximum absolute atomic E-state index is 6.17. The monoisotopic (exact) mass is 249 g/mol. The Hall–Kier alpha value is -0.860. The van der Waals surface area contributed by atoms with E-state index in [1.54, 1.807) is 0 Å². The standard InChI is InChI=1S/C16H27NO/c1-5-6-12(2)10-18-11-16(17)15-8-13(3)7-14(4)9-15/h7-9,12,16H,5-6,10-11,17H2,1-4H3. The van der Waals surface area contributed by atoms with Crippen LogP contribution in [0.1, 0.15) is 49.4 Å². The number of hydrogen-bond donors (Lipinski definition) is 1. The molecule has 0 amide bonds. The number of ether oxygens (including phenoxy) is 1. The fourth-order valence-electron chi connectivity index (χ4n) is 2.29. The van der Waals surface area contributed by atoms with Crippen LogP contribution in [0.5, 0.6) is 0 Å². The van der Waals surface area contributed by atoms with Gasteiger partial charge in [-0.2, -0.15) is 0 Å². The maximum Gasteiger partial charge on any atom is 0.0659 e. The highest BCUT2D eigenvalue weighted by atomic mass is 16.5. The molecule has 18 heavy (non-hydrogen) atoms. The lowest BCUT2D eigenvalue weighted by Crippen LogP contribution is -2.19.